The highest BCUT2D eigenvalue weighted by Gasteiger charge is 2.23. The predicted molar refractivity (Wildman–Crippen MR) is 113 cm³/mol. The van der Waals surface area contributed by atoms with Gasteiger partial charge in [-0.3, -0.25) is 4.79 Å². The molecular weight excluding hydrogens is 374 g/mol. The molecule has 7 heteroatoms. The maximum atomic E-state index is 12.6. The number of nitrogens with zero attached hydrogens (tertiary/aromatic N) is 2. The number of ether oxygens (including phenoxy) is 1. The number of carbonyl (C=O) groups is 2. The van der Waals surface area contributed by atoms with E-state index in [9.17, 15) is 14.9 Å². The monoisotopic (exact) mass is 397 g/mol. The molecule has 146 valence electrons. The number of nitrogens with one attached hydrogen (secondary N) is 1. The molecule has 6 nitrogen and oxygen atoms in total. The molecule has 0 saturated heterocycles. The molecule has 0 atom stereocenters. The summed E-state index contributed by atoms with van der Waals surface area (Å²) in [5.41, 5.74) is 2.81. The first-order chi connectivity index (χ1) is 13.3. The molecule has 1 aromatic heterocycles. The molecular formula is C21H23N3O3S. The van der Waals surface area contributed by atoms with Gasteiger partial charge in [0.1, 0.15) is 16.6 Å². The van der Waals surface area contributed by atoms with Gasteiger partial charge >= 0.3 is 5.97 Å². The summed E-state index contributed by atoms with van der Waals surface area (Å²) in [6, 6.07) is 9.42. The van der Waals surface area contributed by atoms with Crippen molar-refractivity contribution in [2.75, 3.05) is 30.9 Å². The molecule has 0 aliphatic rings. The normalized spacial score (nSPS) is 10.9. The van der Waals surface area contributed by atoms with Crippen molar-refractivity contribution >= 4 is 40.0 Å². The van der Waals surface area contributed by atoms with E-state index >= 15 is 0 Å². The lowest BCUT2D eigenvalue weighted by Gasteiger charge is -2.12. The molecule has 2 rings (SSSR count). The van der Waals surface area contributed by atoms with Crippen LogP contribution < -0.4 is 10.2 Å². The minimum atomic E-state index is -0.564. The summed E-state index contributed by atoms with van der Waals surface area (Å²) >= 11 is 1.29. The second-order valence-corrected chi connectivity index (χ2v) is 7.54. The van der Waals surface area contributed by atoms with Gasteiger partial charge in [0.15, 0.2) is 0 Å². The highest BCUT2D eigenvalue weighted by atomic mass is 32.1. The van der Waals surface area contributed by atoms with Crippen molar-refractivity contribution in [2.45, 2.75) is 20.8 Å². The lowest BCUT2D eigenvalue weighted by atomic mass is 10.1. The van der Waals surface area contributed by atoms with Crippen molar-refractivity contribution in [3.05, 3.63) is 51.4 Å². The van der Waals surface area contributed by atoms with Gasteiger partial charge in [0.2, 0.25) is 0 Å². The molecule has 1 N–H and O–H groups in total. The van der Waals surface area contributed by atoms with Crippen molar-refractivity contribution < 1.29 is 14.3 Å². The van der Waals surface area contributed by atoms with Crippen LogP contribution in [0.2, 0.25) is 0 Å². The van der Waals surface area contributed by atoms with Crippen LogP contribution in [0.15, 0.2) is 29.8 Å². The number of thiophene rings is 1. The molecule has 0 aliphatic heterocycles. The van der Waals surface area contributed by atoms with Crippen LogP contribution in [-0.4, -0.2) is 32.6 Å². The van der Waals surface area contributed by atoms with E-state index in [-0.39, 0.29) is 12.2 Å². The number of nitriles is 1. The fourth-order valence-corrected chi connectivity index (χ4v) is 3.56. The Labute approximate surface area is 169 Å². The molecule has 0 unspecified atom stereocenters. The third kappa shape index (κ3) is 4.78. The Morgan fingerprint density at radius 1 is 1.25 bits per heavy atom. The van der Waals surface area contributed by atoms with E-state index in [1.165, 1.54) is 17.4 Å². The number of aryl methyl sites for hydroxylation is 1. The Morgan fingerprint density at radius 3 is 2.43 bits per heavy atom. The average Bonchev–Trinajstić information content (AvgIpc) is 2.93. The number of anilines is 2. The van der Waals surface area contributed by atoms with E-state index in [1.54, 1.807) is 13.8 Å². The first kappa shape index (κ1) is 21.2. The summed E-state index contributed by atoms with van der Waals surface area (Å²) < 4.78 is 5.09. The Morgan fingerprint density at radius 2 is 1.89 bits per heavy atom. The molecule has 1 aromatic carbocycles. The van der Waals surface area contributed by atoms with Crippen LogP contribution >= 0.6 is 11.3 Å². The SMILES string of the molecule is CCOC(=O)c1c(NC(=O)C(C#N)=Cc2ccc(N(C)C)cc2)sc(C)c1C. The van der Waals surface area contributed by atoms with Gasteiger partial charge in [-0.2, -0.15) is 5.26 Å². The van der Waals surface area contributed by atoms with Crippen molar-refractivity contribution in [1.29, 1.82) is 5.26 Å². The molecule has 0 radical (unpaired) electrons. The van der Waals surface area contributed by atoms with Gasteiger partial charge in [-0.1, -0.05) is 12.1 Å². The van der Waals surface area contributed by atoms with E-state index < -0.39 is 11.9 Å². The fourth-order valence-electron chi connectivity index (χ4n) is 2.52. The van der Waals surface area contributed by atoms with Crippen LogP contribution in [0, 0.1) is 25.2 Å². The number of benzene rings is 1. The quantitative estimate of drug-likeness (QED) is 0.450. The maximum Gasteiger partial charge on any atom is 0.341 e. The molecule has 1 amide bonds. The van der Waals surface area contributed by atoms with E-state index in [4.69, 9.17) is 4.74 Å². The van der Waals surface area contributed by atoms with Gasteiger partial charge in [-0.25, -0.2) is 4.79 Å². The highest BCUT2D eigenvalue weighted by Crippen LogP contribution is 2.33. The predicted octanol–water partition coefficient (Wildman–Crippen LogP) is 4.15. The minimum Gasteiger partial charge on any atom is -0.462 e. The number of esters is 1. The summed E-state index contributed by atoms with van der Waals surface area (Å²) in [5.74, 6) is -1.05. The zero-order valence-electron chi connectivity index (χ0n) is 16.6. The largest absolute Gasteiger partial charge is 0.462 e. The van der Waals surface area contributed by atoms with Gasteiger partial charge in [-0.15, -0.1) is 11.3 Å². The summed E-state index contributed by atoms with van der Waals surface area (Å²) in [5, 5.41) is 12.5. The average molecular weight is 398 g/mol. The molecule has 1 heterocycles. The Hall–Kier alpha value is -3.11. The Balaban J connectivity index is 2.29. The minimum absolute atomic E-state index is 0.0453. The number of carbonyl (C=O) groups excluding carboxylic acids is 2. The maximum absolute atomic E-state index is 12.6. The highest BCUT2D eigenvalue weighted by molar-refractivity contribution is 7.16. The first-order valence-corrected chi connectivity index (χ1v) is 9.57. The number of hydrogen-bond acceptors (Lipinski definition) is 6. The third-order valence-corrected chi connectivity index (χ3v) is 5.30. The van der Waals surface area contributed by atoms with Crippen molar-refractivity contribution in [3.8, 4) is 6.07 Å². The number of rotatable bonds is 6. The summed E-state index contributed by atoms with van der Waals surface area (Å²) in [6.07, 6.45) is 1.52. The summed E-state index contributed by atoms with van der Waals surface area (Å²) in [7, 11) is 3.87. The molecule has 0 bridgehead atoms. The number of hydrogen-bond donors (Lipinski definition) is 1. The second-order valence-electron chi connectivity index (χ2n) is 6.32. The molecule has 0 spiro atoms. The molecule has 0 fully saturated rings. The van der Waals surface area contributed by atoms with Crippen molar-refractivity contribution in [1.82, 2.24) is 0 Å². The fraction of sp³-hybridized carbons (Fsp3) is 0.286. The molecule has 28 heavy (non-hydrogen) atoms. The van der Waals surface area contributed by atoms with Crippen LogP contribution in [0.4, 0.5) is 10.7 Å². The van der Waals surface area contributed by atoms with Crippen LogP contribution in [0.3, 0.4) is 0 Å². The molecule has 0 aliphatic carbocycles. The Kier molecular flexibility index (Phi) is 6.96. The van der Waals surface area contributed by atoms with E-state index in [1.807, 2.05) is 56.3 Å². The van der Waals surface area contributed by atoms with Crippen LogP contribution in [-0.2, 0) is 9.53 Å². The second kappa shape index (κ2) is 9.20. The van der Waals surface area contributed by atoms with Gasteiger partial charge in [0, 0.05) is 24.7 Å². The van der Waals surface area contributed by atoms with Gasteiger partial charge in [0.25, 0.3) is 5.91 Å². The zero-order chi connectivity index (χ0) is 20.8. The summed E-state index contributed by atoms with van der Waals surface area (Å²) in [6.45, 7) is 5.64. The Bertz CT molecular complexity index is 951. The van der Waals surface area contributed by atoms with Gasteiger partial charge in [0.05, 0.1) is 12.2 Å². The van der Waals surface area contributed by atoms with Crippen molar-refractivity contribution in [3.63, 3.8) is 0 Å². The van der Waals surface area contributed by atoms with Crippen LogP contribution in [0.5, 0.6) is 0 Å². The van der Waals surface area contributed by atoms with Gasteiger partial charge in [-0.05, 0) is 50.1 Å². The lowest BCUT2D eigenvalue weighted by Crippen LogP contribution is -2.16. The summed E-state index contributed by atoms with van der Waals surface area (Å²) in [4.78, 5) is 27.7. The molecule has 2 aromatic rings. The van der Waals surface area contributed by atoms with E-state index in [2.05, 4.69) is 5.32 Å². The number of amides is 1. The third-order valence-electron chi connectivity index (χ3n) is 4.18. The van der Waals surface area contributed by atoms with Gasteiger partial charge < -0.3 is 15.0 Å². The van der Waals surface area contributed by atoms with Crippen LogP contribution in [0.1, 0.15) is 33.3 Å². The lowest BCUT2D eigenvalue weighted by molar-refractivity contribution is -0.112. The smallest absolute Gasteiger partial charge is 0.341 e. The zero-order valence-corrected chi connectivity index (χ0v) is 17.4. The van der Waals surface area contributed by atoms with E-state index in [0.29, 0.717) is 10.6 Å². The van der Waals surface area contributed by atoms with Crippen LogP contribution in [0.25, 0.3) is 6.08 Å². The topological polar surface area (TPSA) is 82.4 Å². The van der Waals surface area contributed by atoms with E-state index in [0.717, 1.165) is 21.7 Å². The standard InChI is InChI=1S/C21H23N3O3S/c1-6-27-21(26)18-13(2)14(3)28-20(18)23-19(25)16(12-22)11-15-7-9-17(10-8-15)24(4)5/h7-11H,6H2,1-5H3,(H,23,25). The van der Waals surface area contributed by atoms with Crippen molar-refractivity contribution in [2.24, 2.45) is 0 Å². The molecule has 0 saturated carbocycles. The first-order valence-electron chi connectivity index (χ1n) is 8.76.